The van der Waals surface area contributed by atoms with Crippen LogP contribution in [-0.2, 0) is 35.2 Å². The monoisotopic (exact) mass is 676 g/mol. The Hall–Kier alpha value is -3.50. The number of hydrogen-bond acceptors (Lipinski definition) is 6. The van der Waals surface area contributed by atoms with Crippen LogP contribution >= 0.6 is 22.7 Å². The smallest absolute Gasteiger partial charge is 0.263 e. The van der Waals surface area contributed by atoms with Gasteiger partial charge in [0, 0.05) is 57.9 Å². The predicted molar refractivity (Wildman–Crippen MR) is 203 cm³/mol. The first-order valence-electron chi connectivity index (χ1n) is 17.1. The van der Waals surface area contributed by atoms with E-state index in [9.17, 15) is 9.59 Å². The first kappa shape index (κ1) is 33.0. The molecule has 0 bridgehead atoms. The second-order valence-electron chi connectivity index (χ2n) is 12.6. The van der Waals surface area contributed by atoms with Crippen LogP contribution in [0.2, 0.25) is 6.32 Å². The summed E-state index contributed by atoms with van der Waals surface area (Å²) in [7, 11) is 7.36. The van der Waals surface area contributed by atoms with Gasteiger partial charge in [-0.3, -0.25) is 18.6 Å². The molecule has 0 N–H and O–H groups in total. The average Bonchev–Trinajstić information content (AvgIpc) is 3.82. The normalized spacial score (nSPS) is 15.0. The highest BCUT2D eigenvalue weighted by molar-refractivity contribution is 7.19. The second kappa shape index (κ2) is 13.4. The SMILES string of the molecule is [B]CCOCCc1sc2cc3/c(=C/C)c4c5c(ccc4c(=O)n3c2c1CCC)-c1cc2sc(CCOC)c(CCC)c2n1C(=O)C5C=C. The maximum Gasteiger partial charge on any atom is 0.263 e. The number of carbonyl (C=O) groups is 1. The molecule has 246 valence electrons. The highest BCUT2D eigenvalue weighted by atomic mass is 32.1. The molecule has 6 heterocycles. The summed E-state index contributed by atoms with van der Waals surface area (Å²) in [6, 6.07) is 8.37. The average molecular weight is 677 g/mol. The molecule has 1 aromatic carbocycles. The quantitative estimate of drug-likeness (QED) is 0.0706. The number of nitrogens with zero attached hydrogens (tertiary/aromatic N) is 2. The van der Waals surface area contributed by atoms with Gasteiger partial charge in [0.1, 0.15) is 0 Å². The van der Waals surface area contributed by atoms with Crippen molar-refractivity contribution in [1.82, 2.24) is 8.97 Å². The highest BCUT2D eigenvalue weighted by Crippen LogP contribution is 2.46. The topological polar surface area (TPSA) is 61.9 Å². The molecule has 0 aliphatic carbocycles. The lowest BCUT2D eigenvalue weighted by Gasteiger charge is -2.27. The molecular formula is C39H41BN2O4S2. The molecule has 48 heavy (non-hydrogen) atoms. The number of ether oxygens (including phenoxy) is 2. The largest absolute Gasteiger partial charge is 0.384 e. The Kier molecular flexibility index (Phi) is 9.24. The lowest BCUT2D eigenvalue weighted by molar-refractivity contribution is 0.0900. The van der Waals surface area contributed by atoms with Crippen molar-refractivity contribution in [3.63, 3.8) is 0 Å². The molecule has 0 amide bonds. The van der Waals surface area contributed by atoms with E-state index in [0.717, 1.165) is 91.9 Å². The van der Waals surface area contributed by atoms with Crippen molar-refractivity contribution >= 4 is 79.2 Å². The highest BCUT2D eigenvalue weighted by Gasteiger charge is 2.36. The number of rotatable bonds is 13. The summed E-state index contributed by atoms with van der Waals surface area (Å²) in [6.07, 6.45) is 9.75. The van der Waals surface area contributed by atoms with E-state index in [1.54, 1.807) is 35.9 Å². The molecular weight excluding hydrogens is 635 g/mol. The fraction of sp³-hybridized carbons (Fsp3) is 0.385. The Balaban J connectivity index is 1.50. The molecule has 1 atom stereocenters. The van der Waals surface area contributed by atoms with E-state index in [2.05, 4.69) is 44.7 Å². The number of methoxy groups -OCH3 is 1. The van der Waals surface area contributed by atoms with Gasteiger partial charge in [-0.2, -0.15) is 0 Å². The van der Waals surface area contributed by atoms with E-state index in [1.165, 1.54) is 20.9 Å². The van der Waals surface area contributed by atoms with Crippen LogP contribution in [0.25, 0.3) is 54.1 Å². The number of thiophene rings is 2. The second-order valence-corrected chi connectivity index (χ2v) is 14.8. The van der Waals surface area contributed by atoms with Crippen LogP contribution in [0.1, 0.15) is 70.8 Å². The maximum atomic E-state index is 14.6. The van der Waals surface area contributed by atoms with Crippen molar-refractivity contribution < 1.29 is 14.3 Å². The molecule has 0 fully saturated rings. The number of aromatic nitrogens is 2. The summed E-state index contributed by atoms with van der Waals surface area (Å²) >= 11 is 3.52. The summed E-state index contributed by atoms with van der Waals surface area (Å²) < 4.78 is 17.2. The van der Waals surface area contributed by atoms with Crippen molar-refractivity contribution in [3.8, 4) is 11.3 Å². The molecule has 1 unspecified atom stereocenters. The number of allylic oxidation sites excluding steroid dienone is 1. The van der Waals surface area contributed by atoms with E-state index >= 15 is 0 Å². The number of hydrogen-bond donors (Lipinski definition) is 0. The Morgan fingerprint density at radius 2 is 1.62 bits per heavy atom. The summed E-state index contributed by atoms with van der Waals surface area (Å²) in [4.78, 5) is 31.8. The van der Waals surface area contributed by atoms with E-state index in [4.69, 9.17) is 17.3 Å². The lowest BCUT2D eigenvalue weighted by Crippen LogP contribution is -2.28. The lowest BCUT2D eigenvalue weighted by atomic mass is 9.84. The summed E-state index contributed by atoms with van der Waals surface area (Å²) in [5.74, 6) is -0.600. The molecule has 1 aliphatic rings. The molecule has 0 saturated carbocycles. The van der Waals surface area contributed by atoms with Crippen LogP contribution in [0, 0.1) is 0 Å². The van der Waals surface area contributed by atoms with Gasteiger partial charge in [-0.1, -0.05) is 51.2 Å². The van der Waals surface area contributed by atoms with Gasteiger partial charge in [-0.05, 0) is 54.7 Å². The summed E-state index contributed by atoms with van der Waals surface area (Å²) in [5.41, 5.74) is 8.11. The Labute approximate surface area is 290 Å². The molecule has 1 aliphatic heterocycles. The minimum absolute atomic E-state index is 0.0130. The molecule has 0 spiro atoms. The zero-order valence-electron chi connectivity index (χ0n) is 28.2. The first-order valence-corrected chi connectivity index (χ1v) is 18.7. The van der Waals surface area contributed by atoms with Crippen molar-refractivity contribution in [3.05, 3.63) is 78.9 Å². The third kappa shape index (κ3) is 4.96. The predicted octanol–water partition coefficient (Wildman–Crippen LogP) is 8.03. The van der Waals surface area contributed by atoms with Crippen LogP contribution in [0.15, 0.2) is 41.7 Å². The first-order chi connectivity index (χ1) is 23.4. The van der Waals surface area contributed by atoms with Gasteiger partial charge in [0.25, 0.3) is 5.56 Å². The van der Waals surface area contributed by atoms with Crippen molar-refractivity contribution in [2.45, 2.75) is 71.5 Å². The van der Waals surface area contributed by atoms with Gasteiger partial charge in [-0.25, -0.2) is 0 Å². The molecule has 9 heteroatoms. The van der Waals surface area contributed by atoms with Crippen LogP contribution in [-0.4, -0.2) is 49.7 Å². The maximum absolute atomic E-state index is 14.6. The van der Waals surface area contributed by atoms with Crippen LogP contribution in [0.3, 0.4) is 0 Å². The zero-order chi connectivity index (χ0) is 33.7. The number of benzene rings is 1. The Morgan fingerprint density at radius 1 is 0.938 bits per heavy atom. The summed E-state index contributed by atoms with van der Waals surface area (Å²) in [6.45, 7) is 12.4. The number of carbonyl (C=O) groups excluding carboxylic acids is 1. The van der Waals surface area contributed by atoms with Crippen molar-refractivity contribution in [1.29, 1.82) is 0 Å². The van der Waals surface area contributed by atoms with Gasteiger partial charge in [0.15, 0.2) is 0 Å². The standard InChI is InChI=1S/C39H41BN2O4S2/c1-6-10-25-30(14-17-45-5)47-33-21-29-24-12-13-27-34(35(24)23(9-4)38(43)42(29)37(25)33)22(8-3)28-20-32-36(41(28)39(27)44)26(11-7-2)31(48-32)15-18-46-19-16-40/h8-9,12-13,20-21,23H,4,6-7,10-11,14-19H2,1-3,5H3/b22-8-. The van der Waals surface area contributed by atoms with Gasteiger partial charge >= 0.3 is 0 Å². The minimum atomic E-state index is -0.587. The van der Waals surface area contributed by atoms with E-state index in [-0.39, 0.29) is 11.5 Å². The number of aryl methyl sites for hydroxylation is 2. The molecule has 2 radical (unpaired) electrons. The Bertz CT molecular complexity index is 2340. The van der Waals surface area contributed by atoms with Crippen LogP contribution < -0.4 is 10.8 Å². The molecule has 6 nitrogen and oxygen atoms in total. The van der Waals surface area contributed by atoms with Gasteiger partial charge < -0.3 is 9.47 Å². The van der Waals surface area contributed by atoms with E-state index in [0.29, 0.717) is 31.5 Å². The Morgan fingerprint density at radius 3 is 2.27 bits per heavy atom. The minimum Gasteiger partial charge on any atom is -0.384 e. The van der Waals surface area contributed by atoms with Crippen molar-refractivity contribution in [2.75, 3.05) is 26.9 Å². The fourth-order valence-electron chi connectivity index (χ4n) is 7.81. The molecule has 5 aromatic heterocycles. The van der Waals surface area contributed by atoms with Gasteiger partial charge in [-0.15, -0.1) is 29.3 Å². The van der Waals surface area contributed by atoms with E-state index in [1.807, 2.05) is 22.0 Å². The van der Waals surface area contributed by atoms with Crippen LogP contribution in [0.5, 0.6) is 0 Å². The third-order valence-electron chi connectivity index (χ3n) is 9.73. The van der Waals surface area contributed by atoms with Crippen LogP contribution in [0.4, 0.5) is 0 Å². The molecule has 0 saturated heterocycles. The van der Waals surface area contributed by atoms with E-state index < -0.39 is 5.92 Å². The fourth-order valence-corrected chi connectivity index (χ4v) is 10.3. The third-order valence-corrected chi connectivity index (χ3v) is 12.2. The number of pyridine rings is 1. The van der Waals surface area contributed by atoms with Crippen molar-refractivity contribution in [2.24, 2.45) is 0 Å². The zero-order valence-corrected chi connectivity index (χ0v) is 29.9. The van der Waals surface area contributed by atoms with Gasteiger partial charge in [0.2, 0.25) is 5.91 Å². The molecule has 6 aromatic rings. The number of fused-ring (bicyclic) bond motifs is 10. The van der Waals surface area contributed by atoms with Gasteiger partial charge in [0.05, 0.1) is 58.6 Å². The molecule has 7 rings (SSSR count). The summed E-state index contributed by atoms with van der Waals surface area (Å²) in [5, 5.41) is 2.46.